The molecule has 0 aliphatic heterocycles. The van der Waals surface area contributed by atoms with Crippen LogP contribution in [0.4, 0.5) is 11.4 Å². The highest BCUT2D eigenvalue weighted by Crippen LogP contribution is 2.43. The highest BCUT2D eigenvalue weighted by molar-refractivity contribution is 7.26. The van der Waals surface area contributed by atoms with Gasteiger partial charge in [-0.15, -0.1) is 11.3 Å². The second-order valence-corrected chi connectivity index (χ2v) is 7.55. The average Bonchev–Trinajstić information content (AvgIpc) is 3.00. The topological polar surface area (TPSA) is 3.24 Å². The Morgan fingerprint density at radius 3 is 2.12 bits per heavy atom. The molecule has 0 radical (unpaired) electrons. The zero-order chi connectivity index (χ0) is 16.7. The van der Waals surface area contributed by atoms with E-state index >= 15 is 0 Å². The summed E-state index contributed by atoms with van der Waals surface area (Å²) in [6.45, 7) is 4.55. The van der Waals surface area contributed by atoms with Crippen molar-refractivity contribution in [2.24, 2.45) is 0 Å². The third kappa shape index (κ3) is 2.38. The number of para-hydroxylation sites is 1. The maximum atomic E-state index is 2.28. The first-order valence-corrected chi connectivity index (χ1v) is 9.21. The van der Waals surface area contributed by atoms with Crippen molar-refractivity contribution in [1.82, 2.24) is 0 Å². The molecule has 0 N–H and O–H groups in total. The molecule has 2 heteroatoms. The van der Waals surface area contributed by atoms with Crippen LogP contribution in [0.2, 0.25) is 0 Å². The molecule has 4 aromatic rings. The van der Waals surface area contributed by atoms with Gasteiger partial charge in [-0.05, 0) is 29.7 Å². The Morgan fingerprint density at radius 1 is 0.750 bits per heavy atom. The summed E-state index contributed by atoms with van der Waals surface area (Å²) in [7, 11) is 2.15. The average molecular weight is 331 g/mol. The summed E-state index contributed by atoms with van der Waals surface area (Å²) in [5.74, 6) is 0.539. The van der Waals surface area contributed by atoms with Gasteiger partial charge in [0.2, 0.25) is 0 Å². The van der Waals surface area contributed by atoms with Gasteiger partial charge in [0, 0.05) is 28.2 Å². The van der Waals surface area contributed by atoms with Gasteiger partial charge >= 0.3 is 0 Å². The lowest BCUT2D eigenvalue weighted by Gasteiger charge is -2.20. The van der Waals surface area contributed by atoms with E-state index in [4.69, 9.17) is 0 Å². The second-order valence-electron chi connectivity index (χ2n) is 6.53. The molecule has 1 heterocycles. The van der Waals surface area contributed by atoms with E-state index in [0.29, 0.717) is 5.92 Å². The summed E-state index contributed by atoms with van der Waals surface area (Å²) in [5, 5.41) is 2.74. The van der Waals surface area contributed by atoms with Crippen LogP contribution < -0.4 is 4.90 Å². The number of hydrogen-bond acceptors (Lipinski definition) is 2. The molecule has 0 amide bonds. The molecule has 0 atom stereocenters. The number of benzene rings is 3. The molecule has 0 saturated heterocycles. The van der Waals surface area contributed by atoms with Gasteiger partial charge < -0.3 is 4.90 Å². The van der Waals surface area contributed by atoms with E-state index < -0.39 is 0 Å². The van der Waals surface area contributed by atoms with Crippen molar-refractivity contribution in [2.75, 3.05) is 11.9 Å². The van der Waals surface area contributed by atoms with E-state index in [-0.39, 0.29) is 0 Å². The van der Waals surface area contributed by atoms with Crippen molar-refractivity contribution in [3.63, 3.8) is 0 Å². The summed E-state index contributed by atoms with van der Waals surface area (Å²) in [6, 6.07) is 23.9. The van der Waals surface area contributed by atoms with Crippen molar-refractivity contribution in [1.29, 1.82) is 0 Å². The van der Waals surface area contributed by atoms with Gasteiger partial charge in [-0.1, -0.05) is 62.4 Å². The zero-order valence-electron chi connectivity index (χ0n) is 14.3. The SMILES string of the molecule is CC(C)c1cccc2c1sc1c(N(C)c3ccccc3)cccc12. The molecule has 0 aliphatic carbocycles. The smallest absolute Gasteiger partial charge is 0.0592 e. The first kappa shape index (κ1) is 15.2. The van der Waals surface area contributed by atoms with Crippen LogP contribution in [0.5, 0.6) is 0 Å². The molecule has 3 aromatic carbocycles. The molecule has 120 valence electrons. The van der Waals surface area contributed by atoms with Crippen molar-refractivity contribution >= 4 is 42.9 Å². The highest BCUT2D eigenvalue weighted by atomic mass is 32.1. The molecule has 4 rings (SSSR count). The number of nitrogens with zero attached hydrogens (tertiary/aromatic N) is 1. The molecule has 1 nitrogen and oxygen atoms in total. The third-order valence-corrected chi connectivity index (χ3v) is 5.95. The Hall–Kier alpha value is -2.32. The lowest BCUT2D eigenvalue weighted by atomic mass is 10.0. The van der Waals surface area contributed by atoms with E-state index in [1.807, 2.05) is 11.3 Å². The van der Waals surface area contributed by atoms with Crippen LogP contribution in [-0.2, 0) is 0 Å². The minimum atomic E-state index is 0.539. The fourth-order valence-electron chi connectivity index (χ4n) is 3.34. The minimum absolute atomic E-state index is 0.539. The third-order valence-electron chi connectivity index (χ3n) is 4.66. The maximum Gasteiger partial charge on any atom is 0.0592 e. The van der Waals surface area contributed by atoms with Crippen LogP contribution in [0, 0.1) is 0 Å². The summed E-state index contributed by atoms with van der Waals surface area (Å²) < 4.78 is 2.79. The summed E-state index contributed by atoms with van der Waals surface area (Å²) in [6.07, 6.45) is 0. The highest BCUT2D eigenvalue weighted by Gasteiger charge is 2.15. The molecule has 0 unspecified atom stereocenters. The first-order valence-electron chi connectivity index (χ1n) is 8.39. The van der Waals surface area contributed by atoms with E-state index in [1.54, 1.807) is 0 Å². The van der Waals surface area contributed by atoms with Crippen LogP contribution >= 0.6 is 11.3 Å². The Labute approximate surface area is 147 Å². The molecule has 1 aromatic heterocycles. The Kier molecular flexibility index (Phi) is 3.78. The normalized spacial score (nSPS) is 11.5. The van der Waals surface area contributed by atoms with Gasteiger partial charge in [0.25, 0.3) is 0 Å². The van der Waals surface area contributed by atoms with Gasteiger partial charge in [0.15, 0.2) is 0 Å². The molecule has 0 bridgehead atoms. The number of anilines is 2. The van der Waals surface area contributed by atoms with Crippen molar-refractivity contribution < 1.29 is 0 Å². The first-order chi connectivity index (χ1) is 11.7. The Balaban J connectivity index is 1.98. The number of thiophene rings is 1. The van der Waals surface area contributed by atoms with E-state index in [9.17, 15) is 0 Å². The number of rotatable bonds is 3. The molecule has 0 spiro atoms. The maximum absolute atomic E-state index is 2.28. The fraction of sp³-hybridized carbons (Fsp3) is 0.182. The Morgan fingerprint density at radius 2 is 1.42 bits per heavy atom. The number of fused-ring (bicyclic) bond motifs is 3. The van der Waals surface area contributed by atoms with Gasteiger partial charge in [-0.2, -0.15) is 0 Å². The van der Waals surface area contributed by atoms with Crippen LogP contribution in [-0.4, -0.2) is 7.05 Å². The van der Waals surface area contributed by atoms with E-state index in [1.165, 1.54) is 37.1 Å². The Bertz CT molecular complexity index is 999. The molecular weight excluding hydrogens is 310 g/mol. The lowest BCUT2D eigenvalue weighted by molar-refractivity contribution is 0.878. The summed E-state index contributed by atoms with van der Waals surface area (Å²) in [4.78, 5) is 2.28. The lowest BCUT2D eigenvalue weighted by Crippen LogP contribution is -2.08. The minimum Gasteiger partial charge on any atom is -0.343 e. The molecule has 0 fully saturated rings. The molecule has 0 aliphatic rings. The number of hydrogen-bond donors (Lipinski definition) is 0. The predicted molar refractivity (Wildman–Crippen MR) is 108 cm³/mol. The van der Waals surface area contributed by atoms with Crippen molar-refractivity contribution in [2.45, 2.75) is 19.8 Å². The standard InChI is InChI=1S/C22H21NS/c1-15(2)17-11-7-12-18-19-13-8-14-20(22(19)24-21(17)18)23(3)16-9-5-4-6-10-16/h4-15H,1-3H3. The van der Waals surface area contributed by atoms with E-state index in [0.717, 1.165) is 0 Å². The monoisotopic (exact) mass is 331 g/mol. The van der Waals surface area contributed by atoms with Gasteiger partial charge in [0.1, 0.15) is 0 Å². The van der Waals surface area contributed by atoms with Gasteiger partial charge in [-0.3, -0.25) is 0 Å². The second kappa shape index (κ2) is 5.95. The fourth-order valence-corrected chi connectivity index (χ4v) is 4.85. The van der Waals surface area contributed by atoms with Gasteiger partial charge in [0.05, 0.1) is 10.4 Å². The van der Waals surface area contributed by atoms with Crippen LogP contribution in [0.3, 0.4) is 0 Å². The quantitative estimate of drug-likeness (QED) is 0.393. The molecule has 24 heavy (non-hydrogen) atoms. The van der Waals surface area contributed by atoms with Crippen LogP contribution in [0.15, 0.2) is 66.7 Å². The van der Waals surface area contributed by atoms with Crippen LogP contribution in [0.1, 0.15) is 25.3 Å². The summed E-state index contributed by atoms with van der Waals surface area (Å²) >= 11 is 1.92. The molecular formula is C22H21NS. The van der Waals surface area contributed by atoms with Gasteiger partial charge in [-0.25, -0.2) is 0 Å². The van der Waals surface area contributed by atoms with E-state index in [2.05, 4.69) is 92.5 Å². The summed E-state index contributed by atoms with van der Waals surface area (Å²) in [5.41, 5.74) is 3.93. The predicted octanol–water partition coefficient (Wildman–Crippen LogP) is 6.95. The largest absolute Gasteiger partial charge is 0.343 e. The van der Waals surface area contributed by atoms with Crippen LogP contribution in [0.25, 0.3) is 20.2 Å². The van der Waals surface area contributed by atoms with Crippen molar-refractivity contribution in [3.05, 3.63) is 72.3 Å². The zero-order valence-corrected chi connectivity index (χ0v) is 15.1. The van der Waals surface area contributed by atoms with Crippen molar-refractivity contribution in [3.8, 4) is 0 Å². The molecule has 0 saturated carbocycles.